The predicted octanol–water partition coefficient (Wildman–Crippen LogP) is -0.100. The molecular weight excluding hydrogens is 230 g/mol. The lowest BCUT2D eigenvalue weighted by Gasteiger charge is -2.30. The predicted molar refractivity (Wildman–Crippen MR) is 72.5 cm³/mol. The van der Waals surface area contributed by atoms with Crippen molar-refractivity contribution in [2.75, 3.05) is 40.3 Å². The van der Waals surface area contributed by atoms with Crippen molar-refractivity contribution < 1.29 is 9.90 Å². The number of likely N-dealkylation sites (tertiary alicyclic amines) is 1. The van der Waals surface area contributed by atoms with E-state index in [9.17, 15) is 9.90 Å². The third-order valence-corrected chi connectivity index (χ3v) is 3.27. The van der Waals surface area contributed by atoms with Crippen LogP contribution in [-0.4, -0.2) is 73.2 Å². The summed E-state index contributed by atoms with van der Waals surface area (Å²) in [5.41, 5.74) is 0. The molecule has 18 heavy (non-hydrogen) atoms. The van der Waals surface area contributed by atoms with E-state index in [0.717, 1.165) is 25.9 Å². The Morgan fingerprint density at radius 2 is 1.94 bits per heavy atom. The summed E-state index contributed by atoms with van der Waals surface area (Å²) in [6, 6.07) is -0.208. The number of hydrogen-bond donors (Lipinski definition) is 2. The van der Waals surface area contributed by atoms with E-state index in [1.165, 1.54) is 6.42 Å². The van der Waals surface area contributed by atoms with Crippen molar-refractivity contribution in [3.63, 3.8) is 0 Å². The molecule has 1 aliphatic heterocycles. The summed E-state index contributed by atoms with van der Waals surface area (Å²) in [7, 11) is 3.84. The first-order valence-corrected chi connectivity index (χ1v) is 6.85. The summed E-state index contributed by atoms with van der Waals surface area (Å²) < 4.78 is 0. The molecule has 0 aromatic rings. The minimum absolute atomic E-state index is 0.159. The number of nitrogens with one attached hydrogen (secondary N) is 1. The van der Waals surface area contributed by atoms with Crippen molar-refractivity contribution >= 4 is 5.91 Å². The number of nitrogens with zero attached hydrogens (tertiary/aromatic N) is 2. The van der Waals surface area contributed by atoms with Gasteiger partial charge in [-0.25, -0.2) is 0 Å². The Bertz CT molecular complexity index is 253. The molecule has 0 spiro atoms. The third kappa shape index (κ3) is 5.33. The first kappa shape index (κ1) is 15.4. The van der Waals surface area contributed by atoms with Crippen LogP contribution in [0.15, 0.2) is 0 Å². The molecule has 1 rings (SSSR count). The molecule has 106 valence electrons. The number of carbonyl (C=O) groups excluding carboxylic acids is 1. The molecule has 0 saturated carbocycles. The molecule has 1 saturated heterocycles. The molecule has 0 aromatic heterocycles. The summed E-state index contributed by atoms with van der Waals surface area (Å²) in [4.78, 5) is 16.0. The highest BCUT2D eigenvalue weighted by Gasteiger charge is 2.22. The Kier molecular flexibility index (Phi) is 6.60. The summed E-state index contributed by atoms with van der Waals surface area (Å²) in [5.74, 6) is 0.159. The van der Waals surface area contributed by atoms with Crippen LogP contribution in [0, 0.1) is 0 Å². The van der Waals surface area contributed by atoms with E-state index < -0.39 is 6.10 Å². The highest BCUT2D eigenvalue weighted by Crippen LogP contribution is 2.09. The molecule has 0 bridgehead atoms. The van der Waals surface area contributed by atoms with Gasteiger partial charge in [-0.1, -0.05) is 0 Å². The number of amides is 1. The maximum Gasteiger partial charge on any atom is 0.239 e. The molecule has 0 aromatic carbocycles. The third-order valence-electron chi connectivity index (χ3n) is 3.27. The SMILES string of the molecule is CC(NCC(O)CN(C)C)C(=O)N1CCCCC1. The smallest absolute Gasteiger partial charge is 0.239 e. The summed E-state index contributed by atoms with van der Waals surface area (Å²) in [5, 5.41) is 12.8. The topological polar surface area (TPSA) is 55.8 Å². The zero-order chi connectivity index (χ0) is 13.5. The minimum atomic E-state index is -0.434. The Morgan fingerprint density at radius 3 is 2.50 bits per heavy atom. The molecule has 0 radical (unpaired) electrons. The molecule has 2 unspecified atom stereocenters. The van der Waals surface area contributed by atoms with Crippen molar-refractivity contribution in [2.45, 2.75) is 38.3 Å². The van der Waals surface area contributed by atoms with Crippen LogP contribution in [0.2, 0.25) is 0 Å². The zero-order valence-electron chi connectivity index (χ0n) is 11.9. The highest BCUT2D eigenvalue weighted by atomic mass is 16.3. The van der Waals surface area contributed by atoms with Gasteiger partial charge in [-0.2, -0.15) is 0 Å². The fourth-order valence-electron chi connectivity index (χ4n) is 2.27. The number of aliphatic hydroxyl groups excluding tert-OH is 1. The van der Waals surface area contributed by atoms with Crippen molar-refractivity contribution in [3.05, 3.63) is 0 Å². The Hall–Kier alpha value is -0.650. The average Bonchev–Trinajstić information content (AvgIpc) is 2.35. The van der Waals surface area contributed by atoms with Gasteiger partial charge in [0.05, 0.1) is 12.1 Å². The van der Waals surface area contributed by atoms with Crippen LogP contribution >= 0.6 is 0 Å². The van der Waals surface area contributed by atoms with Gasteiger partial charge in [0.15, 0.2) is 0 Å². The largest absolute Gasteiger partial charge is 0.390 e. The first-order valence-electron chi connectivity index (χ1n) is 6.85. The van der Waals surface area contributed by atoms with Crippen LogP contribution in [0.5, 0.6) is 0 Å². The van der Waals surface area contributed by atoms with Crippen LogP contribution in [0.4, 0.5) is 0 Å². The fraction of sp³-hybridized carbons (Fsp3) is 0.923. The molecule has 1 amide bonds. The van der Waals surface area contributed by atoms with Gasteiger partial charge in [0.2, 0.25) is 5.91 Å². The lowest BCUT2D eigenvalue weighted by atomic mass is 10.1. The number of aliphatic hydroxyl groups is 1. The molecule has 2 N–H and O–H groups in total. The summed E-state index contributed by atoms with van der Waals surface area (Å²) in [6.07, 6.45) is 3.02. The van der Waals surface area contributed by atoms with Crippen molar-refractivity contribution in [3.8, 4) is 0 Å². The molecule has 2 atom stereocenters. The lowest BCUT2D eigenvalue weighted by molar-refractivity contribution is -0.134. The number of rotatable bonds is 6. The lowest BCUT2D eigenvalue weighted by Crippen LogP contribution is -2.49. The number of piperidine rings is 1. The maximum atomic E-state index is 12.1. The monoisotopic (exact) mass is 257 g/mol. The van der Waals surface area contributed by atoms with Gasteiger partial charge in [-0.15, -0.1) is 0 Å². The van der Waals surface area contributed by atoms with E-state index in [1.807, 2.05) is 30.8 Å². The van der Waals surface area contributed by atoms with E-state index in [1.54, 1.807) is 0 Å². The quantitative estimate of drug-likeness (QED) is 0.698. The van der Waals surface area contributed by atoms with E-state index >= 15 is 0 Å². The molecule has 1 fully saturated rings. The van der Waals surface area contributed by atoms with Crippen LogP contribution in [0.25, 0.3) is 0 Å². The van der Waals surface area contributed by atoms with Crippen LogP contribution in [-0.2, 0) is 4.79 Å². The van der Waals surface area contributed by atoms with Gasteiger partial charge in [0.25, 0.3) is 0 Å². The van der Waals surface area contributed by atoms with Gasteiger partial charge in [0, 0.05) is 26.2 Å². The van der Waals surface area contributed by atoms with Gasteiger partial charge >= 0.3 is 0 Å². The molecular formula is C13H27N3O2. The number of hydrogen-bond acceptors (Lipinski definition) is 4. The van der Waals surface area contributed by atoms with Crippen LogP contribution in [0.1, 0.15) is 26.2 Å². The Labute approximate surface area is 110 Å². The second-order valence-electron chi connectivity index (χ2n) is 5.43. The standard InChI is InChI=1S/C13H27N3O2/c1-11(14-9-12(17)10-15(2)3)13(18)16-7-5-4-6-8-16/h11-12,14,17H,4-10H2,1-3H3. The van der Waals surface area contributed by atoms with E-state index in [-0.39, 0.29) is 11.9 Å². The van der Waals surface area contributed by atoms with Crippen LogP contribution in [0.3, 0.4) is 0 Å². The second kappa shape index (κ2) is 7.71. The average molecular weight is 257 g/mol. The van der Waals surface area contributed by atoms with E-state index in [2.05, 4.69) is 5.32 Å². The van der Waals surface area contributed by atoms with Crippen molar-refractivity contribution in [2.24, 2.45) is 0 Å². The molecule has 5 heteroatoms. The number of carbonyl (C=O) groups is 1. The molecule has 1 heterocycles. The van der Waals surface area contributed by atoms with E-state index in [0.29, 0.717) is 13.1 Å². The Morgan fingerprint density at radius 1 is 1.33 bits per heavy atom. The second-order valence-corrected chi connectivity index (χ2v) is 5.43. The molecule has 5 nitrogen and oxygen atoms in total. The van der Waals surface area contributed by atoms with Gasteiger partial charge in [-0.3, -0.25) is 4.79 Å². The normalized spacial score (nSPS) is 19.9. The van der Waals surface area contributed by atoms with Gasteiger partial charge in [0.1, 0.15) is 0 Å². The van der Waals surface area contributed by atoms with Gasteiger partial charge in [-0.05, 0) is 40.3 Å². The number of likely N-dealkylation sites (N-methyl/N-ethyl adjacent to an activating group) is 1. The highest BCUT2D eigenvalue weighted by molar-refractivity contribution is 5.81. The summed E-state index contributed by atoms with van der Waals surface area (Å²) in [6.45, 7) is 4.70. The first-order chi connectivity index (χ1) is 8.50. The maximum absolute atomic E-state index is 12.1. The van der Waals surface area contributed by atoms with Crippen molar-refractivity contribution in [1.82, 2.24) is 15.1 Å². The molecule has 0 aliphatic carbocycles. The zero-order valence-corrected chi connectivity index (χ0v) is 11.9. The van der Waals surface area contributed by atoms with E-state index in [4.69, 9.17) is 0 Å². The summed E-state index contributed by atoms with van der Waals surface area (Å²) >= 11 is 0. The van der Waals surface area contributed by atoms with Gasteiger partial charge < -0.3 is 20.2 Å². The van der Waals surface area contributed by atoms with Crippen molar-refractivity contribution in [1.29, 1.82) is 0 Å². The fourth-order valence-corrected chi connectivity index (χ4v) is 2.27. The van der Waals surface area contributed by atoms with Crippen LogP contribution < -0.4 is 5.32 Å². The molecule has 1 aliphatic rings. The minimum Gasteiger partial charge on any atom is -0.390 e. The Balaban J connectivity index is 2.26.